The second-order valence-corrected chi connectivity index (χ2v) is 36.8. The predicted molar refractivity (Wildman–Crippen MR) is 561 cm³/mol. The monoisotopic (exact) mass is 1790 g/mol. The lowest BCUT2D eigenvalue weighted by Gasteiger charge is -2.34. The van der Waals surface area contributed by atoms with Crippen molar-refractivity contribution in [2.24, 2.45) is 0 Å². The normalized spacial score (nSPS) is 13.2. The zero-order chi connectivity index (χ0) is 92.7. The van der Waals surface area contributed by atoms with Crippen LogP contribution in [0.5, 0.6) is 0 Å². The molecule has 1 spiro atoms. The number of aromatic nitrogens is 9. The van der Waals surface area contributed by atoms with Crippen molar-refractivity contribution >= 4 is 65.8 Å². The maximum atomic E-state index is 6.14. The lowest BCUT2D eigenvalue weighted by atomic mass is 9.67. The van der Waals surface area contributed by atoms with Gasteiger partial charge in [0.2, 0.25) is 0 Å². The van der Waals surface area contributed by atoms with Crippen molar-refractivity contribution in [2.45, 2.75) is 30.1 Å². The maximum Gasteiger partial charge on any atom is 0.164 e. The smallest absolute Gasteiger partial charge is 0.164 e. The summed E-state index contributed by atoms with van der Waals surface area (Å²) in [5, 5.41) is 6.34. The first-order valence-corrected chi connectivity index (χ1v) is 47.4. The number of nitrogens with zero attached hydrogens (tertiary/aromatic N) is 9. The molecule has 0 saturated carbocycles. The fourth-order valence-electron chi connectivity index (χ4n) is 22.3. The Kier molecular flexibility index (Phi) is 18.8. The van der Waals surface area contributed by atoms with Crippen LogP contribution in [-0.4, -0.2) is 44.9 Å². The minimum Gasteiger partial charge on any atom is -0.456 e. The van der Waals surface area contributed by atoms with E-state index in [1.54, 1.807) is 0 Å². The highest BCUT2D eigenvalue weighted by Gasteiger charge is 2.52. The Hall–Kier alpha value is -18.4. The number of rotatable bonds is 11. The number of benzene rings is 19. The summed E-state index contributed by atoms with van der Waals surface area (Å²) in [6, 6.07) is 159. The summed E-state index contributed by atoms with van der Waals surface area (Å²) in [4.78, 5) is 45.7. The van der Waals surface area contributed by atoms with Gasteiger partial charge in [-0.1, -0.05) is 378 Å². The molecule has 29 rings (SSSR count). The van der Waals surface area contributed by atoms with Gasteiger partial charge in [-0.15, -0.1) is 0 Å². The van der Waals surface area contributed by atoms with Crippen LogP contribution in [0.4, 0.5) is 0 Å². The van der Waals surface area contributed by atoms with Crippen LogP contribution in [-0.2, 0) is 16.2 Å². The fourth-order valence-corrected chi connectivity index (χ4v) is 22.3. The molecule has 19 aromatic carbocycles. The molecule has 0 amide bonds. The van der Waals surface area contributed by atoms with Gasteiger partial charge in [0.15, 0.2) is 52.4 Å². The zero-order valence-electron chi connectivity index (χ0n) is 76.1. The van der Waals surface area contributed by atoms with E-state index < -0.39 is 10.8 Å². The van der Waals surface area contributed by atoms with Gasteiger partial charge < -0.3 is 13.3 Å². The van der Waals surface area contributed by atoms with Gasteiger partial charge in [-0.05, 0) is 191 Å². The second-order valence-electron chi connectivity index (χ2n) is 36.8. The number of hydrogen-bond donors (Lipinski definition) is 0. The molecule has 0 radical (unpaired) electrons. The molecule has 12 nitrogen and oxygen atoms in total. The molecule has 0 aliphatic heterocycles. The Morgan fingerprint density at radius 1 is 0.150 bits per heavy atom. The van der Waals surface area contributed by atoms with E-state index in [1.165, 1.54) is 100 Å². The molecule has 4 aliphatic rings. The van der Waals surface area contributed by atoms with Crippen molar-refractivity contribution in [3.8, 4) is 147 Å². The van der Waals surface area contributed by atoms with E-state index in [4.69, 9.17) is 58.1 Å². The molecule has 6 aromatic heterocycles. The van der Waals surface area contributed by atoms with Gasteiger partial charge in [-0.3, -0.25) is 0 Å². The summed E-state index contributed by atoms with van der Waals surface area (Å²) in [7, 11) is 0. The fraction of sp³-hybridized carbons (Fsp3) is 0.0391. The number of fused-ring (bicyclic) bond motifs is 25. The quantitative estimate of drug-likeness (QED) is 0.121. The topological polar surface area (TPSA) is 155 Å². The lowest BCUT2D eigenvalue weighted by Crippen LogP contribution is -2.28. The van der Waals surface area contributed by atoms with Gasteiger partial charge in [-0.2, -0.15) is 0 Å². The van der Waals surface area contributed by atoms with Crippen LogP contribution in [0.15, 0.2) is 468 Å². The molecular formula is C128H81N9O3. The third kappa shape index (κ3) is 13.0. The number of hydrogen-bond acceptors (Lipinski definition) is 12. The molecular weight excluding hydrogens is 1710 g/mol. The van der Waals surface area contributed by atoms with Gasteiger partial charge in [0.05, 0.1) is 10.8 Å². The SMILES string of the molecule is CC1(C)c2ccccc2-c2ccc(-c3nc(-c4ccccc4)nc(-c4ccc5oc6ccccc6c5c4)n3)cc21.c1ccc(-c2nc(-c3ccc4c(c3)C(c3ccccc3)(c3ccccc3)c3ccccc3-4)nc(-c3ccc4oc5ccccc5c4c3)n2)cc1.c1ccc(-c2nc(-c3ccc4c(c3)C3(c5ccccc5-c5ccccc53)c3ccccc3-4)nc(-c3ccc4oc5ccccc5c4c3)n2)cc1. The van der Waals surface area contributed by atoms with E-state index >= 15 is 0 Å². The first-order valence-electron chi connectivity index (χ1n) is 47.4. The summed E-state index contributed by atoms with van der Waals surface area (Å²) in [6.45, 7) is 4.58. The van der Waals surface area contributed by atoms with Crippen LogP contribution >= 0.6 is 0 Å². The first kappa shape index (κ1) is 81.2. The highest BCUT2D eigenvalue weighted by Crippen LogP contribution is 2.64. The summed E-state index contributed by atoms with van der Waals surface area (Å²) in [5.74, 6) is 5.72. The van der Waals surface area contributed by atoms with Gasteiger partial charge in [-0.25, -0.2) is 44.9 Å². The van der Waals surface area contributed by atoms with Crippen molar-refractivity contribution < 1.29 is 13.3 Å². The second kappa shape index (κ2) is 32.4. The Morgan fingerprint density at radius 2 is 0.364 bits per heavy atom. The van der Waals surface area contributed by atoms with E-state index in [2.05, 4.69) is 299 Å². The Balaban J connectivity index is 0.000000106. The van der Waals surface area contributed by atoms with Crippen molar-refractivity contribution in [3.05, 3.63) is 511 Å². The lowest BCUT2D eigenvalue weighted by molar-refractivity contribution is 0.660. The standard InChI is InChI=1S/C46H27N3O.C46H29N3O.C36H25N3O/c1-2-12-28(13-3-1)43-47-44(29-23-25-42-36(26-29)35-17-7-11-21-41(35)50-42)49-45(48-43)30-22-24-34-33-16-6-10-20-39(33)46(40(34)27-30)37-18-8-4-14-31(37)32-15-5-9-19-38(32)46;1-4-14-30(15-5-1)43-47-44(31-25-27-42-38(28-31)37-21-11-13-23-41(37)50-42)49-45(48-43)32-24-26-36-35-20-10-12-22-39(35)46(40(36)29-32,33-16-6-2-7-17-33)34-18-8-3-9-19-34;1-36(2)29-14-8-6-12-25(29)26-18-16-24(21-30(26)36)35-38-33(22-10-4-3-5-11-22)37-34(39-35)23-17-19-32-28(20-23)27-13-7-9-15-31(27)40-32/h1-27H;1-29H;3-21H,1-2H3. The van der Waals surface area contributed by atoms with Crippen molar-refractivity contribution in [1.29, 1.82) is 0 Å². The third-order valence-corrected chi connectivity index (χ3v) is 28.7. The van der Waals surface area contributed by atoms with E-state index in [9.17, 15) is 0 Å². The van der Waals surface area contributed by atoms with Crippen molar-refractivity contribution in [1.82, 2.24) is 44.9 Å². The average Bonchev–Trinajstić information content (AvgIpc) is 1.52. The number of para-hydroxylation sites is 3. The van der Waals surface area contributed by atoms with Gasteiger partial charge >= 0.3 is 0 Å². The molecule has 0 unspecified atom stereocenters. The Bertz CT molecular complexity index is 8910. The molecule has 4 aliphatic carbocycles. The average molecular weight is 1790 g/mol. The predicted octanol–water partition coefficient (Wildman–Crippen LogP) is 31.3. The van der Waals surface area contributed by atoms with Gasteiger partial charge in [0.25, 0.3) is 0 Å². The molecule has 0 N–H and O–H groups in total. The van der Waals surface area contributed by atoms with Crippen LogP contribution in [0.2, 0.25) is 0 Å². The molecule has 0 bridgehead atoms. The van der Waals surface area contributed by atoms with Crippen LogP contribution in [0.25, 0.3) is 213 Å². The molecule has 140 heavy (non-hydrogen) atoms. The summed E-state index contributed by atoms with van der Waals surface area (Å²) in [6.07, 6.45) is 0. The van der Waals surface area contributed by atoms with Gasteiger partial charge in [0, 0.05) is 87.8 Å². The Morgan fingerprint density at radius 3 is 0.693 bits per heavy atom. The molecule has 656 valence electrons. The van der Waals surface area contributed by atoms with Crippen LogP contribution in [0.3, 0.4) is 0 Å². The summed E-state index contributed by atoms with van der Waals surface area (Å²) >= 11 is 0. The summed E-state index contributed by atoms with van der Waals surface area (Å²) in [5.41, 5.74) is 35.4. The van der Waals surface area contributed by atoms with Crippen LogP contribution < -0.4 is 0 Å². The van der Waals surface area contributed by atoms with Crippen molar-refractivity contribution in [2.75, 3.05) is 0 Å². The van der Waals surface area contributed by atoms with Gasteiger partial charge in [0.1, 0.15) is 33.5 Å². The third-order valence-electron chi connectivity index (χ3n) is 28.7. The molecule has 0 saturated heterocycles. The zero-order valence-corrected chi connectivity index (χ0v) is 76.1. The summed E-state index contributed by atoms with van der Waals surface area (Å²) < 4.78 is 18.3. The largest absolute Gasteiger partial charge is 0.456 e. The number of furan rings is 3. The minimum absolute atomic E-state index is 0.104. The van der Waals surface area contributed by atoms with E-state index in [-0.39, 0.29) is 5.41 Å². The highest BCUT2D eigenvalue weighted by molar-refractivity contribution is 6.09. The Labute approximate surface area is 806 Å². The molecule has 0 atom stereocenters. The molecule has 0 fully saturated rings. The molecule has 6 heterocycles. The maximum absolute atomic E-state index is 6.14. The highest BCUT2D eigenvalue weighted by atomic mass is 16.3. The molecule has 25 aromatic rings. The van der Waals surface area contributed by atoms with Crippen LogP contribution in [0, 0.1) is 0 Å². The van der Waals surface area contributed by atoms with E-state index in [0.29, 0.717) is 52.4 Å². The molecule has 12 heteroatoms. The first-order chi connectivity index (χ1) is 69.1. The van der Waals surface area contributed by atoms with Crippen LogP contribution in [0.1, 0.15) is 69.5 Å². The van der Waals surface area contributed by atoms with E-state index in [1.807, 2.05) is 170 Å². The van der Waals surface area contributed by atoms with E-state index in [0.717, 1.165) is 116 Å². The van der Waals surface area contributed by atoms with Crippen molar-refractivity contribution in [3.63, 3.8) is 0 Å². The minimum atomic E-state index is -0.518.